The van der Waals surface area contributed by atoms with Crippen molar-refractivity contribution < 1.29 is 0 Å². The predicted octanol–water partition coefficient (Wildman–Crippen LogP) is 2.10. The van der Waals surface area contributed by atoms with Crippen molar-refractivity contribution in [3.63, 3.8) is 0 Å². The fourth-order valence-corrected chi connectivity index (χ4v) is 3.51. The third-order valence-electron chi connectivity index (χ3n) is 4.81. The zero-order valence-electron chi connectivity index (χ0n) is 12.9. The molecular weight excluding hydrogens is 270 g/mol. The van der Waals surface area contributed by atoms with Gasteiger partial charge in [-0.15, -0.1) is 0 Å². The molecule has 0 aromatic heterocycles. The van der Waals surface area contributed by atoms with E-state index in [4.69, 9.17) is 9.98 Å². The van der Waals surface area contributed by atoms with E-state index in [9.17, 15) is 0 Å². The van der Waals surface area contributed by atoms with Gasteiger partial charge in [0.15, 0.2) is 0 Å². The molecule has 22 heavy (non-hydrogen) atoms. The molecule has 2 unspecified atom stereocenters. The monoisotopic (exact) mass is 291 g/mol. The molecule has 1 aromatic carbocycles. The van der Waals surface area contributed by atoms with Crippen LogP contribution in [0.5, 0.6) is 0 Å². The smallest absolute Gasteiger partial charge is 0.0713 e. The summed E-state index contributed by atoms with van der Waals surface area (Å²) in [5.41, 5.74) is 3.60. The highest BCUT2D eigenvalue weighted by Gasteiger charge is 2.22. The highest BCUT2D eigenvalue weighted by Crippen LogP contribution is 2.23. The third-order valence-corrected chi connectivity index (χ3v) is 4.81. The van der Waals surface area contributed by atoms with Crippen LogP contribution in [0.15, 0.2) is 58.3 Å². The Kier molecular flexibility index (Phi) is 3.41. The number of aliphatic imine (C=N–C) groups is 1. The average molecular weight is 291 g/mol. The van der Waals surface area contributed by atoms with Crippen molar-refractivity contribution in [2.24, 2.45) is 15.9 Å². The molecule has 0 saturated carbocycles. The summed E-state index contributed by atoms with van der Waals surface area (Å²) in [6, 6.07) is 8.92. The molecule has 0 radical (unpaired) electrons. The van der Waals surface area contributed by atoms with E-state index < -0.39 is 0 Å². The lowest BCUT2D eigenvalue weighted by molar-refractivity contribution is 0.389. The van der Waals surface area contributed by atoms with Crippen LogP contribution in [0, 0.1) is 5.92 Å². The number of hydrogen-bond donors (Lipinski definition) is 1. The van der Waals surface area contributed by atoms with E-state index in [2.05, 4.69) is 48.8 Å². The summed E-state index contributed by atoms with van der Waals surface area (Å²) < 4.78 is 0. The maximum Gasteiger partial charge on any atom is 0.0713 e. The summed E-state index contributed by atoms with van der Waals surface area (Å²) in [5.74, 6) is 0.589. The number of rotatable bonds is 3. The summed E-state index contributed by atoms with van der Waals surface area (Å²) in [5, 5.41) is 5.83. The van der Waals surface area contributed by atoms with Crippen LogP contribution >= 0.6 is 0 Å². The fraction of sp³-hybridized carbons (Fsp3) is 0.368. The van der Waals surface area contributed by atoms with Gasteiger partial charge in [-0.1, -0.05) is 31.2 Å². The highest BCUT2D eigenvalue weighted by atomic mass is 14.9. The lowest BCUT2D eigenvalue weighted by atomic mass is 9.90. The molecular formula is C19H21N3. The van der Waals surface area contributed by atoms with Crippen molar-refractivity contribution in [3.8, 4) is 0 Å². The molecule has 2 atom stereocenters. The molecule has 0 aliphatic carbocycles. The molecule has 0 amide bonds. The minimum absolute atomic E-state index is 0.564. The number of fused-ring (bicyclic) bond motifs is 2. The van der Waals surface area contributed by atoms with Crippen molar-refractivity contribution in [1.29, 1.82) is 0 Å². The van der Waals surface area contributed by atoms with E-state index in [1.807, 2.05) is 6.07 Å². The Hall–Kier alpha value is -2.16. The largest absolute Gasteiger partial charge is 0.388 e. The molecule has 1 aromatic rings. The van der Waals surface area contributed by atoms with E-state index >= 15 is 0 Å². The first kappa shape index (κ1) is 13.5. The second-order valence-electron chi connectivity index (χ2n) is 6.38. The van der Waals surface area contributed by atoms with Gasteiger partial charge in [0.25, 0.3) is 0 Å². The molecule has 3 aliphatic heterocycles. The van der Waals surface area contributed by atoms with Gasteiger partial charge in [-0.25, -0.2) is 4.99 Å². The van der Waals surface area contributed by atoms with E-state index in [0.29, 0.717) is 12.0 Å². The van der Waals surface area contributed by atoms with Crippen molar-refractivity contribution >= 4 is 11.3 Å². The van der Waals surface area contributed by atoms with Gasteiger partial charge in [-0.3, -0.25) is 4.99 Å². The molecule has 0 spiro atoms. The summed E-state index contributed by atoms with van der Waals surface area (Å²) in [6.45, 7) is 3.09. The lowest BCUT2D eigenvalue weighted by Crippen LogP contribution is -2.34. The SMILES string of the molecule is CC(CC1=NCC2=c3ccccc3=NC2=C1)C1CCC=CN1. The van der Waals surface area contributed by atoms with Crippen LogP contribution < -0.4 is 15.9 Å². The molecule has 3 heterocycles. The maximum absolute atomic E-state index is 4.80. The molecule has 1 N–H and O–H groups in total. The van der Waals surface area contributed by atoms with Crippen LogP contribution in [0.3, 0.4) is 0 Å². The molecule has 3 nitrogen and oxygen atoms in total. The number of para-hydroxylation sites is 1. The van der Waals surface area contributed by atoms with Crippen LogP contribution in [0.2, 0.25) is 0 Å². The lowest BCUT2D eigenvalue weighted by Gasteiger charge is -2.27. The first-order chi connectivity index (χ1) is 10.8. The van der Waals surface area contributed by atoms with Crippen LogP contribution in [-0.4, -0.2) is 18.3 Å². The predicted molar refractivity (Wildman–Crippen MR) is 90.1 cm³/mol. The van der Waals surface area contributed by atoms with Crippen molar-refractivity contribution in [3.05, 3.63) is 58.9 Å². The van der Waals surface area contributed by atoms with E-state index in [-0.39, 0.29) is 0 Å². The molecule has 4 rings (SSSR count). The molecule has 3 aliphatic rings. The summed E-state index contributed by atoms with van der Waals surface area (Å²) in [4.78, 5) is 9.56. The van der Waals surface area contributed by atoms with E-state index in [1.54, 1.807) is 0 Å². The Morgan fingerprint density at radius 1 is 1.32 bits per heavy atom. The molecule has 0 fully saturated rings. The summed E-state index contributed by atoms with van der Waals surface area (Å²) in [6.07, 6.45) is 9.91. The Balaban J connectivity index is 1.54. The van der Waals surface area contributed by atoms with Crippen LogP contribution in [-0.2, 0) is 0 Å². The summed E-state index contributed by atoms with van der Waals surface area (Å²) in [7, 11) is 0. The van der Waals surface area contributed by atoms with Crippen LogP contribution in [0.25, 0.3) is 5.57 Å². The quantitative estimate of drug-likeness (QED) is 0.910. The van der Waals surface area contributed by atoms with Crippen LogP contribution in [0.4, 0.5) is 0 Å². The molecule has 0 saturated heterocycles. The molecule has 3 heteroatoms. The van der Waals surface area contributed by atoms with Crippen LogP contribution in [0.1, 0.15) is 26.2 Å². The van der Waals surface area contributed by atoms with Crippen molar-refractivity contribution in [1.82, 2.24) is 5.32 Å². The minimum atomic E-state index is 0.564. The second-order valence-corrected chi connectivity index (χ2v) is 6.38. The fourth-order valence-electron chi connectivity index (χ4n) is 3.51. The second kappa shape index (κ2) is 5.56. The number of nitrogens with zero attached hydrogens (tertiary/aromatic N) is 2. The molecule has 112 valence electrons. The highest BCUT2D eigenvalue weighted by molar-refractivity contribution is 6.00. The molecule has 0 bridgehead atoms. The first-order valence-electron chi connectivity index (χ1n) is 8.14. The van der Waals surface area contributed by atoms with Gasteiger partial charge in [-0.2, -0.15) is 0 Å². The number of nitrogens with one attached hydrogen (secondary N) is 1. The van der Waals surface area contributed by atoms with E-state index in [0.717, 1.165) is 24.0 Å². The number of dihydropyridines is 1. The zero-order valence-corrected chi connectivity index (χ0v) is 12.9. The number of benzene rings is 1. The number of allylic oxidation sites excluding steroid dienone is 2. The minimum Gasteiger partial charge on any atom is -0.388 e. The van der Waals surface area contributed by atoms with Gasteiger partial charge in [0.1, 0.15) is 0 Å². The Morgan fingerprint density at radius 2 is 2.23 bits per heavy atom. The van der Waals surface area contributed by atoms with E-state index in [1.165, 1.54) is 29.3 Å². The average Bonchev–Trinajstić information content (AvgIpc) is 2.93. The van der Waals surface area contributed by atoms with Crippen molar-refractivity contribution in [2.75, 3.05) is 6.54 Å². The van der Waals surface area contributed by atoms with Gasteiger partial charge >= 0.3 is 0 Å². The summed E-state index contributed by atoms with van der Waals surface area (Å²) >= 11 is 0. The topological polar surface area (TPSA) is 36.8 Å². The van der Waals surface area contributed by atoms with Gasteiger partial charge < -0.3 is 5.32 Å². The van der Waals surface area contributed by atoms with Gasteiger partial charge in [-0.05, 0) is 43.5 Å². The van der Waals surface area contributed by atoms with Gasteiger partial charge in [0, 0.05) is 22.5 Å². The standard InChI is InChI=1S/C19H21N3/c1-13(17-7-4-5-9-20-17)10-14-11-19-16(12-21-14)15-6-2-3-8-18(15)22-19/h2-3,5-6,8-9,11,13,17,20H,4,7,10,12H2,1H3. The third kappa shape index (κ3) is 2.41. The maximum atomic E-state index is 4.80. The Bertz CT molecular complexity index is 798. The Morgan fingerprint density at radius 3 is 3.09 bits per heavy atom. The first-order valence-corrected chi connectivity index (χ1v) is 8.14. The van der Waals surface area contributed by atoms with Gasteiger partial charge in [0.2, 0.25) is 0 Å². The normalized spacial score (nSPS) is 23.7. The van der Waals surface area contributed by atoms with Gasteiger partial charge in [0.05, 0.1) is 17.6 Å². The number of hydrogen-bond acceptors (Lipinski definition) is 3. The zero-order chi connectivity index (χ0) is 14.9. The Labute approximate surface area is 130 Å². The van der Waals surface area contributed by atoms with Crippen molar-refractivity contribution in [2.45, 2.75) is 32.2 Å².